The Balaban J connectivity index is 0.00000162. The molecule has 0 saturated heterocycles. The Labute approximate surface area is 113 Å². The lowest BCUT2D eigenvalue weighted by Crippen LogP contribution is -2.02. The molecule has 0 spiro atoms. The van der Waals surface area contributed by atoms with Crippen molar-refractivity contribution in [3.8, 4) is 11.1 Å². The van der Waals surface area contributed by atoms with Crippen molar-refractivity contribution in [2.24, 2.45) is 5.73 Å². The van der Waals surface area contributed by atoms with Crippen LogP contribution in [0.1, 0.15) is 16.7 Å². The summed E-state index contributed by atoms with van der Waals surface area (Å²) in [6, 6.07) is 10.8. The summed E-state index contributed by atoms with van der Waals surface area (Å²) in [7, 11) is 0. The van der Waals surface area contributed by atoms with Gasteiger partial charge in [-0.3, -0.25) is 0 Å². The fourth-order valence-electron chi connectivity index (χ4n) is 2.12. The van der Waals surface area contributed by atoms with Crippen LogP contribution < -0.4 is 5.73 Å². The van der Waals surface area contributed by atoms with E-state index in [1.165, 1.54) is 28.8 Å². The lowest BCUT2D eigenvalue weighted by molar-refractivity contribution is 0.628. The van der Waals surface area contributed by atoms with E-state index >= 15 is 0 Å². The van der Waals surface area contributed by atoms with Crippen molar-refractivity contribution in [1.29, 1.82) is 0 Å². The normalized spacial score (nSPS) is 10.0. The monoisotopic (exact) mass is 265 g/mol. The van der Waals surface area contributed by atoms with Gasteiger partial charge in [0.2, 0.25) is 0 Å². The summed E-state index contributed by atoms with van der Waals surface area (Å²) >= 11 is 0. The summed E-state index contributed by atoms with van der Waals surface area (Å²) in [5.41, 5.74) is 11.4. The number of hydrogen-bond acceptors (Lipinski definition) is 1. The zero-order valence-electron chi connectivity index (χ0n) is 10.5. The van der Waals surface area contributed by atoms with Crippen molar-refractivity contribution in [3.05, 3.63) is 58.9 Å². The minimum atomic E-state index is -0.208. The predicted octanol–water partition coefficient (Wildman–Crippen LogP) is 3.99. The Morgan fingerprint density at radius 3 is 1.89 bits per heavy atom. The van der Waals surface area contributed by atoms with Crippen LogP contribution in [-0.4, -0.2) is 0 Å². The number of halogens is 2. The van der Waals surface area contributed by atoms with Crippen LogP contribution >= 0.6 is 12.4 Å². The van der Waals surface area contributed by atoms with E-state index in [0.717, 1.165) is 11.1 Å². The van der Waals surface area contributed by atoms with E-state index in [1.807, 2.05) is 0 Å². The first-order valence-electron chi connectivity index (χ1n) is 5.68. The first kappa shape index (κ1) is 14.7. The Morgan fingerprint density at radius 2 is 1.44 bits per heavy atom. The van der Waals surface area contributed by atoms with Crippen molar-refractivity contribution in [2.75, 3.05) is 0 Å². The van der Waals surface area contributed by atoms with Crippen molar-refractivity contribution >= 4 is 12.4 Å². The molecule has 2 rings (SSSR count). The van der Waals surface area contributed by atoms with E-state index in [4.69, 9.17) is 5.73 Å². The van der Waals surface area contributed by atoms with Gasteiger partial charge in [0.15, 0.2) is 0 Å². The fourth-order valence-corrected chi connectivity index (χ4v) is 2.12. The van der Waals surface area contributed by atoms with Crippen LogP contribution in [0.5, 0.6) is 0 Å². The highest BCUT2D eigenvalue weighted by molar-refractivity contribution is 5.85. The largest absolute Gasteiger partial charge is 0.326 e. The van der Waals surface area contributed by atoms with E-state index in [-0.39, 0.29) is 18.2 Å². The van der Waals surface area contributed by atoms with Crippen LogP contribution in [0.25, 0.3) is 11.1 Å². The maximum absolute atomic E-state index is 12.9. The molecule has 1 nitrogen and oxygen atoms in total. The first-order chi connectivity index (χ1) is 8.11. The van der Waals surface area contributed by atoms with Crippen LogP contribution in [-0.2, 0) is 6.54 Å². The van der Waals surface area contributed by atoms with E-state index in [9.17, 15) is 4.39 Å². The molecule has 2 aromatic rings. The topological polar surface area (TPSA) is 26.0 Å². The molecule has 18 heavy (non-hydrogen) atoms. The zero-order chi connectivity index (χ0) is 12.4. The summed E-state index contributed by atoms with van der Waals surface area (Å²) < 4.78 is 12.9. The van der Waals surface area contributed by atoms with Crippen molar-refractivity contribution in [2.45, 2.75) is 20.4 Å². The summed E-state index contributed by atoms with van der Waals surface area (Å²) in [4.78, 5) is 0. The summed E-state index contributed by atoms with van der Waals surface area (Å²) in [6.45, 7) is 4.67. The number of hydrogen-bond donors (Lipinski definition) is 1. The predicted molar refractivity (Wildman–Crippen MR) is 76.4 cm³/mol. The Morgan fingerprint density at radius 1 is 0.944 bits per heavy atom. The molecule has 0 unspecified atom stereocenters. The van der Waals surface area contributed by atoms with Gasteiger partial charge in [-0.25, -0.2) is 4.39 Å². The van der Waals surface area contributed by atoms with E-state index in [1.54, 1.807) is 12.1 Å². The smallest absolute Gasteiger partial charge is 0.123 e. The molecule has 0 amide bonds. The summed E-state index contributed by atoms with van der Waals surface area (Å²) in [5.74, 6) is -0.208. The van der Waals surface area contributed by atoms with E-state index in [0.29, 0.717) is 6.54 Å². The molecule has 96 valence electrons. The van der Waals surface area contributed by atoms with Crippen molar-refractivity contribution in [3.63, 3.8) is 0 Å². The molecule has 0 aliphatic heterocycles. The molecule has 0 saturated carbocycles. The molecule has 0 atom stereocenters. The van der Waals surface area contributed by atoms with Crippen LogP contribution in [0, 0.1) is 19.7 Å². The molecule has 0 fully saturated rings. The van der Waals surface area contributed by atoms with Gasteiger partial charge in [0.25, 0.3) is 0 Å². The third-order valence-electron chi connectivity index (χ3n) is 3.08. The van der Waals surface area contributed by atoms with Gasteiger partial charge >= 0.3 is 0 Å². The summed E-state index contributed by atoms with van der Waals surface area (Å²) in [6.07, 6.45) is 0. The molecule has 2 aromatic carbocycles. The highest BCUT2D eigenvalue weighted by Crippen LogP contribution is 2.25. The molecule has 0 bridgehead atoms. The van der Waals surface area contributed by atoms with E-state index < -0.39 is 0 Å². The lowest BCUT2D eigenvalue weighted by atomic mass is 9.96. The molecular weight excluding hydrogens is 249 g/mol. The summed E-state index contributed by atoms with van der Waals surface area (Å²) in [5, 5.41) is 0. The van der Waals surface area contributed by atoms with Gasteiger partial charge < -0.3 is 5.73 Å². The molecular formula is C15H17ClFN. The second kappa shape index (κ2) is 5.98. The highest BCUT2D eigenvalue weighted by atomic mass is 35.5. The maximum Gasteiger partial charge on any atom is 0.123 e. The average molecular weight is 266 g/mol. The van der Waals surface area contributed by atoms with Gasteiger partial charge in [-0.1, -0.05) is 24.3 Å². The lowest BCUT2D eigenvalue weighted by Gasteiger charge is -2.11. The second-order valence-electron chi connectivity index (χ2n) is 4.30. The molecule has 0 aliphatic carbocycles. The third kappa shape index (κ3) is 2.89. The number of aryl methyl sites for hydroxylation is 2. The molecule has 0 radical (unpaired) electrons. The minimum absolute atomic E-state index is 0. The zero-order valence-corrected chi connectivity index (χ0v) is 11.4. The van der Waals surface area contributed by atoms with Crippen LogP contribution in [0.3, 0.4) is 0 Å². The standard InChI is InChI=1S/C15H16FN.ClH/c1-10-7-13(8-11(2)15(10)9-17)12-3-5-14(16)6-4-12;/h3-8H,9,17H2,1-2H3;1H. The molecule has 3 heteroatoms. The van der Waals surface area contributed by atoms with Gasteiger partial charge in [0.1, 0.15) is 5.82 Å². The number of nitrogens with two attached hydrogens (primary N) is 1. The van der Waals surface area contributed by atoms with Gasteiger partial charge in [-0.05, 0) is 53.8 Å². The Kier molecular flexibility index (Phi) is 4.88. The number of benzene rings is 2. The van der Waals surface area contributed by atoms with Gasteiger partial charge in [0, 0.05) is 6.54 Å². The Hall–Kier alpha value is -1.38. The number of rotatable bonds is 2. The third-order valence-corrected chi connectivity index (χ3v) is 3.08. The van der Waals surface area contributed by atoms with Crippen LogP contribution in [0.15, 0.2) is 36.4 Å². The average Bonchev–Trinajstić information content (AvgIpc) is 2.29. The van der Waals surface area contributed by atoms with Crippen LogP contribution in [0.2, 0.25) is 0 Å². The Bertz CT molecular complexity index is 512. The molecule has 2 N–H and O–H groups in total. The molecule has 0 heterocycles. The SMILES string of the molecule is Cc1cc(-c2ccc(F)cc2)cc(C)c1CN.Cl. The van der Waals surface area contributed by atoms with Gasteiger partial charge in [0.05, 0.1) is 0 Å². The maximum atomic E-state index is 12.9. The minimum Gasteiger partial charge on any atom is -0.326 e. The van der Waals surface area contributed by atoms with Crippen molar-refractivity contribution < 1.29 is 4.39 Å². The van der Waals surface area contributed by atoms with Gasteiger partial charge in [-0.15, -0.1) is 12.4 Å². The van der Waals surface area contributed by atoms with E-state index in [2.05, 4.69) is 26.0 Å². The van der Waals surface area contributed by atoms with Crippen LogP contribution in [0.4, 0.5) is 4.39 Å². The van der Waals surface area contributed by atoms with Crippen molar-refractivity contribution in [1.82, 2.24) is 0 Å². The quantitative estimate of drug-likeness (QED) is 0.873. The highest BCUT2D eigenvalue weighted by Gasteiger charge is 2.05. The van der Waals surface area contributed by atoms with Gasteiger partial charge in [-0.2, -0.15) is 0 Å². The first-order valence-corrected chi connectivity index (χ1v) is 5.68. The fraction of sp³-hybridized carbons (Fsp3) is 0.200. The second-order valence-corrected chi connectivity index (χ2v) is 4.30. The molecule has 0 aromatic heterocycles. The molecule has 0 aliphatic rings.